The smallest absolute Gasteiger partial charge is 0.0755 e. The topological polar surface area (TPSA) is 8.17 Å². The molecule has 0 saturated heterocycles. The van der Waals surface area contributed by atoms with E-state index in [0.717, 1.165) is 17.1 Å². The Labute approximate surface area is 417 Å². The summed E-state index contributed by atoms with van der Waals surface area (Å²) in [5.41, 5.74) is 24.4. The van der Waals surface area contributed by atoms with E-state index in [0.29, 0.717) is 0 Å². The summed E-state index contributed by atoms with van der Waals surface area (Å²) < 4.78 is 2.54. The lowest BCUT2D eigenvalue weighted by Gasteiger charge is -2.39. The molecule has 332 valence electrons. The molecule has 1 unspecified atom stereocenters. The second-order valence-corrected chi connectivity index (χ2v) is 20.2. The summed E-state index contributed by atoms with van der Waals surface area (Å²) in [4.78, 5) is 2.58. The number of rotatable bonds is 3. The second kappa shape index (κ2) is 13.8. The second-order valence-electron chi connectivity index (χ2n) is 20.2. The molecule has 0 amide bonds. The molecule has 2 heterocycles. The van der Waals surface area contributed by atoms with Gasteiger partial charge in [-0.15, -0.1) is 0 Å². The highest BCUT2D eigenvalue weighted by Crippen LogP contribution is 2.66. The lowest BCUT2D eigenvalue weighted by atomic mass is 9.65. The number of aromatic nitrogens is 1. The Morgan fingerprint density at radius 3 is 1.64 bits per heavy atom. The van der Waals surface area contributed by atoms with Gasteiger partial charge in [0.15, 0.2) is 0 Å². The van der Waals surface area contributed by atoms with Crippen molar-refractivity contribution in [2.75, 3.05) is 4.90 Å². The Kier molecular flexibility index (Phi) is 7.37. The summed E-state index contributed by atoms with van der Waals surface area (Å²) in [6.07, 6.45) is 0. The van der Waals surface area contributed by atoms with Crippen LogP contribution in [0.3, 0.4) is 0 Å². The van der Waals surface area contributed by atoms with E-state index in [1.807, 2.05) is 0 Å². The molecule has 13 aromatic rings. The number of hydrogen-bond acceptors (Lipinski definition) is 1. The van der Waals surface area contributed by atoms with E-state index in [-0.39, 0.29) is 0 Å². The molecule has 17 rings (SSSR count). The van der Waals surface area contributed by atoms with Crippen LogP contribution in [0.15, 0.2) is 255 Å². The standard InChI is InChI=1S/C70H42N2/c1-2-19-45-41-46(37-35-43(45)17-1)71(47-38-39-54-62(42-47)69(60-40-36-44-18-3-4-20-48(44)66(54)60)55-26-9-5-21-49(55)50-22-6-10-27-56(50)69)65-34-16-30-59-67(65)53-24-7-11-28-57(53)70(59)58-29-12-14-33-64(58)72-63-32-13-8-23-51(63)52-25-15-31-61(70)68(52)72/h1-42H. The third-order valence-electron chi connectivity index (χ3n) is 17.1. The maximum atomic E-state index is 2.58. The molecule has 2 spiro atoms. The normalized spacial score (nSPS) is 15.7. The van der Waals surface area contributed by atoms with Crippen LogP contribution in [0.25, 0.3) is 82.4 Å². The average molecular weight is 911 g/mol. The highest BCUT2D eigenvalue weighted by atomic mass is 15.1. The first-order valence-electron chi connectivity index (χ1n) is 25.3. The molecule has 1 atom stereocenters. The summed E-state index contributed by atoms with van der Waals surface area (Å²) in [6, 6.07) is 96.8. The van der Waals surface area contributed by atoms with Crippen molar-refractivity contribution in [2.24, 2.45) is 0 Å². The molecule has 0 bridgehead atoms. The van der Waals surface area contributed by atoms with Crippen LogP contribution in [0.2, 0.25) is 0 Å². The van der Waals surface area contributed by atoms with Gasteiger partial charge < -0.3 is 9.47 Å². The van der Waals surface area contributed by atoms with Crippen LogP contribution >= 0.6 is 0 Å². The van der Waals surface area contributed by atoms with Gasteiger partial charge in [-0.2, -0.15) is 0 Å². The van der Waals surface area contributed by atoms with Crippen LogP contribution in [-0.4, -0.2) is 4.57 Å². The number of benzene rings is 12. The predicted octanol–water partition coefficient (Wildman–Crippen LogP) is 17.6. The van der Waals surface area contributed by atoms with Gasteiger partial charge in [0, 0.05) is 27.7 Å². The van der Waals surface area contributed by atoms with Gasteiger partial charge in [0.1, 0.15) is 0 Å². The molecule has 1 aromatic heterocycles. The first-order chi connectivity index (χ1) is 35.7. The van der Waals surface area contributed by atoms with Crippen molar-refractivity contribution in [1.82, 2.24) is 4.57 Å². The van der Waals surface area contributed by atoms with Gasteiger partial charge in [-0.05, 0) is 136 Å². The van der Waals surface area contributed by atoms with Crippen molar-refractivity contribution >= 4 is 60.4 Å². The Morgan fingerprint density at radius 2 is 0.819 bits per heavy atom. The molecule has 2 nitrogen and oxygen atoms in total. The van der Waals surface area contributed by atoms with Gasteiger partial charge in [0.05, 0.1) is 33.2 Å². The third-order valence-corrected chi connectivity index (χ3v) is 17.1. The zero-order chi connectivity index (χ0) is 46.9. The number of hydrogen-bond donors (Lipinski definition) is 0. The molecule has 0 fully saturated rings. The number of fused-ring (bicyclic) bond motifs is 25. The van der Waals surface area contributed by atoms with E-state index in [1.165, 1.54) is 127 Å². The first-order valence-corrected chi connectivity index (χ1v) is 25.3. The highest BCUT2D eigenvalue weighted by Gasteiger charge is 2.54. The molecule has 0 N–H and O–H groups in total. The Bertz CT molecular complexity index is 4500. The maximum Gasteiger partial charge on any atom is 0.0755 e. The van der Waals surface area contributed by atoms with Crippen molar-refractivity contribution < 1.29 is 0 Å². The molecule has 0 radical (unpaired) electrons. The van der Waals surface area contributed by atoms with E-state index >= 15 is 0 Å². The van der Waals surface area contributed by atoms with Crippen LogP contribution in [0.5, 0.6) is 0 Å². The Hall–Kier alpha value is -9.24. The largest absolute Gasteiger partial charge is 0.310 e. The van der Waals surface area contributed by atoms with E-state index in [9.17, 15) is 0 Å². The van der Waals surface area contributed by atoms with E-state index in [4.69, 9.17) is 0 Å². The molecule has 72 heavy (non-hydrogen) atoms. The van der Waals surface area contributed by atoms with Crippen LogP contribution in [0.4, 0.5) is 17.1 Å². The van der Waals surface area contributed by atoms with E-state index in [1.54, 1.807) is 0 Å². The molecular formula is C70H42N2. The zero-order valence-electron chi connectivity index (χ0n) is 39.1. The summed E-state index contributed by atoms with van der Waals surface area (Å²) >= 11 is 0. The number of para-hydroxylation sites is 3. The summed E-state index contributed by atoms with van der Waals surface area (Å²) in [7, 11) is 0. The van der Waals surface area contributed by atoms with E-state index < -0.39 is 10.8 Å². The van der Waals surface area contributed by atoms with Crippen LogP contribution in [0.1, 0.15) is 44.5 Å². The van der Waals surface area contributed by atoms with Gasteiger partial charge >= 0.3 is 0 Å². The van der Waals surface area contributed by atoms with Crippen molar-refractivity contribution in [3.63, 3.8) is 0 Å². The fourth-order valence-corrected chi connectivity index (χ4v) is 14.6. The first kappa shape index (κ1) is 38.6. The summed E-state index contributed by atoms with van der Waals surface area (Å²) in [6.45, 7) is 0. The highest BCUT2D eigenvalue weighted by molar-refractivity contribution is 6.14. The van der Waals surface area contributed by atoms with E-state index in [2.05, 4.69) is 264 Å². The summed E-state index contributed by atoms with van der Waals surface area (Å²) in [5, 5.41) is 7.54. The van der Waals surface area contributed by atoms with Crippen LogP contribution in [0, 0.1) is 0 Å². The van der Waals surface area contributed by atoms with Crippen molar-refractivity contribution in [3.8, 4) is 39.1 Å². The van der Waals surface area contributed by atoms with Gasteiger partial charge in [-0.3, -0.25) is 0 Å². The predicted molar refractivity (Wildman–Crippen MR) is 298 cm³/mol. The molecule has 12 aromatic carbocycles. The SMILES string of the molecule is c1ccc2c(c1)-c1ccccc1C21c2cc(N(c3ccc4ccccc4c3)c3cccc4c3-c3ccccc3C43c4ccccc4-n4c5ccccc5c5cccc3c54)ccc2-c2c1ccc1ccccc21. The number of nitrogens with zero attached hydrogens (tertiary/aromatic N) is 2. The molecule has 0 saturated carbocycles. The zero-order valence-corrected chi connectivity index (χ0v) is 39.1. The van der Waals surface area contributed by atoms with Crippen LogP contribution < -0.4 is 4.90 Å². The lowest BCUT2D eigenvalue weighted by molar-refractivity contribution is 0.748. The fraction of sp³-hybridized carbons (Fsp3) is 0.0286. The maximum absolute atomic E-state index is 2.58. The minimum absolute atomic E-state index is 0.523. The molecule has 3 aliphatic carbocycles. The third kappa shape index (κ3) is 4.53. The monoisotopic (exact) mass is 910 g/mol. The summed E-state index contributed by atoms with van der Waals surface area (Å²) in [5.74, 6) is 0. The van der Waals surface area contributed by atoms with Crippen LogP contribution in [-0.2, 0) is 10.8 Å². The van der Waals surface area contributed by atoms with Gasteiger partial charge in [0.25, 0.3) is 0 Å². The minimum Gasteiger partial charge on any atom is -0.310 e. The van der Waals surface area contributed by atoms with Gasteiger partial charge in [-0.1, -0.05) is 212 Å². The van der Waals surface area contributed by atoms with Crippen molar-refractivity contribution in [3.05, 3.63) is 299 Å². The van der Waals surface area contributed by atoms with Crippen molar-refractivity contribution in [1.29, 1.82) is 0 Å². The lowest BCUT2D eigenvalue weighted by Crippen LogP contribution is -2.33. The van der Waals surface area contributed by atoms with Crippen molar-refractivity contribution in [2.45, 2.75) is 10.8 Å². The minimum atomic E-state index is -0.584. The quantitative estimate of drug-likeness (QED) is 0.171. The molecule has 1 aliphatic heterocycles. The van der Waals surface area contributed by atoms with Gasteiger partial charge in [0.2, 0.25) is 0 Å². The number of anilines is 3. The Morgan fingerprint density at radius 1 is 0.292 bits per heavy atom. The molecule has 4 aliphatic rings. The molecular weight excluding hydrogens is 869 g/mol. The van der Waals surface area contributed by atoms with Gasteiger partial charge in [-0.25, -0.2) is 0 Å². The average Bonchev–Trinajstić information content (AvgIpc) is 4.15. The Balaban J connectivity index is 0.988. The fourth-order valence-electron chi connectivity index (χ4n) is 14.6. The molecule has 2 heteroatoms.